The lowest BCUT2D eigenvalue weighted by Crippen LogP contribution is -2.48. The number of carbonyl (C=O) groups excluding carboxylic acids is 2. The molecule has 0 aromatic heterocycles. The van der Waals surface area contributed by atoms with Crippen LogP contribution in [0.1, 0.15) is 67.4 Å². The third-order valence-electron chi connectivity index (χ3n) is 8.30. The molecule has 9 heteroatoms. The molecule has 1 aliphatic heterocycles. The van der Waals surface area contributed by atoms with Gasteiger partial charge in [-0.1, -0.05) is 78.9 Å². The Labute approximate surface area is 267 Å². The summed E-state index contributed by atoms with van der Waals surface area (Å²) in [5.41, 5.74) is 3.16. The van der Waals surface area contributed by atoms with Gasteiger partial charge in [0.1, 0.15) is 0 Å². The van der Waals surface area contributed by atoms with Crippen LogP contribution in [0.25, 0.3) is 0 Å². The molecule has 4 aromatic carbocycles. The van der Waals surface area contributed by atoms with E-state index in [4.69, 9.17) is 0 Å². The van der Waals surface area contributed by atoms with E-state index in [1.54, 1.807) is 24.3 Å². The molecule has 6 nitrogen and oxygen atoms in total. The number of aryl methyl sites for hydroxylation is 1. The average Bonchev–Trinajstić information content (AvgIpc) is 3.54. The Kier molecular flexibility index (Phi) is 10.6. The number of benzene rings is 4. The Balaban J connectivity index is 1.29. The maximum Gasteiger partial charge on any atom is 0.416 e. The van der Waals surface area contributed by atoms with Crippen LogP contribution in [0, 0.1) is 6.92 Å². The highest BCUT2D eigenvalue weighted by atomic mass is 19.4. The Hall–Kier alpha value is -4.47. The number of nitrogens with one attached hydrogen (secondary N) is 2. The summed E-state index contributed by atoms with van der Waals surface area (Å²) in [6, 6.07) is 28.7. The molecule has 1 saturated heterocycles. The monoisotopic (exact) mass is 629 g/mol. The van der Waals surface area contributed by atoms with E-state index in [-0.39, 0.29) is 25.0 Å². The fourth-order valence-corrected chi connectivity index (χ4v) is 6.00. The number of aliphatic hydroxyl groups excluding tert-OH is 1. The van der Waals surface area contributed by atoms with E-state index in [0.29, 0.717) is 29.7 Å². The molecule has 0 saturated carbocycles. The Morgan fingerprint density at radius 1 is 0.891 bits per heavy atom. The molecule has 0 radical (unpaired) electrons. The minimum absolute atomic E-state index is 0.0275. The van der Waals surface area contributed by atoms with E-state index >= 15 is 0 Å². The van der Waals surface area contributed by atoms with Crippen molar-refractivity contribution in [2.24, 2.45) is 0 Å². The van der Waals surface area contributed by atoms with Gasteiger partial charge in [0, 0.05) is 30.8 Å². The SMILES string of the molecule is Cc1cc(C(=O)N[C@@H](Cc2ccccc2)[C@@H](O)CNCc2cccc(C(F)(F)F)c2)cc(C(=O)N2CCCC2c2ccccc2)c1. The van der Waals surface area contributed by atoms with Crippen molar-refractivity contribution in [2.75, 3.05) is 13.1 Å². The quantitative estimate of drug-likeness (QED) is 0.177. The second kappa shape index (κ2) is 14.7. The van der Waals surface area contributed by atoms with Gasteiger partial charge in [-0.25, -0.2) is 0 Å². The zero-order chi connectivity index (χ0) is 32.7. The zero-order valence-electron chi connectivity index (χ0n) is 25.6. The van der Waals surface area contributed by atoms with E-state index in [9.17, 15) is 27.9 Å². The van der Waals surface area contributed by atoms with Gasteiger partial charge in [-0.2, -0.15) is 13.2 Å². The van der Waals surface area contributed by atoms with Crippen molar-refractivity contribution in [3.63, 3.8) is 0 Å². The summed E-state index contributed by atoms with van der Waals surface area (Å²) in [5, 5.41) is 17.2. The fourth-order valence-electron chi connectivity index (χ4n) is 6.00. The third kappa shape index (κ3) is 8.41. The number of halogens is 3. The molecule has 0 bridgehead atoms. The molecule has 5 rings (SSSR count). The molecule has 2 amide bonds. The van der Waals surface area contributed by atoms with E-state index < -0.39 is 29.8 Å². The number of hydrogen-bond donors (Lipinski definition) is 3. The number of carbonyl (C=O) groups is 2. The molecule has 1 unspecified atom stereocenters. The topological polar surface area (TPSA) is 81.7 Å². The zero-order valence-corrected chi connectivity index (χ0v) is 25.6. The smallest absolute Gasteiger partial charge is 0.390 e. The van der Waals surface area contributed by atoms with Gasteiger partial charge in [0.2, 0.25) is 0 Å². The maximum atomic E-state index is 13.7. The molecular weight excluding hydrogens is 591 g/mol. The van der Waals surface area contributed by atoms with Gasteiger partial charge >= 0.3 is 6.18 Å². The van der Waals surface area contributed by atoms with Crippen molar-refractivity contribution < 1.29 is 27.9 Å². The molecule has 1 heterocycles. The van der Waals surface area contributed by atoms with Gasteiger partial charge < -0.3 is 20.6 Å². The number of amides is 2. The summed E-state index contributed by atoms with van der Waals surface area (Å²) in [6.45, 7) is 2.60. The van der Waals surface area contributed by atoms with Crippen LogP contribution in [-0.4, -0.2) is 47.1 Å². The highest BCUT2D eigenvalue weighted by Crippen LogP contribution is 2.33. The standard InChI is InChI=1S/C37H38F3N3O3/c1-25-18-29(22-30(19-25)36(46)43-17-9-16-33(43)28-13-6-3-7-14-28)35(45)42-32(21-26-10-4-2-5-11-26)34(44)24-41-23-27-12-8-15-31(20-27)37(38,39)40/h2-8,10-15,18-20,22,32-34,41,44H,9,16-17,21,23-24H2,1H3,(H,42,45)/t32-,33?,34-/m0/s1. The van der Waals surface area contributed by atoms with Crippen molar-refractivity contribution in [1.29, 1.82) is 0 Å². The van der Waals surface area contributed by atoms with Gasteiger partial charge in [-0.05, 0) is 72.7 Å². The van der Waals surface area contributed by atoms with Crippen LogP contribution in [0.3, 0.4) is 0 Å². The predicted octanol–water partition coefficient (Wildman–Crippen LogP) is 6.48. The molecule has 240 valence electrons. The second-order valence-corrected chi connectivity index (χ2v) is 11.8. The molecular formula is C37H38F3N3O3. The maximum absolute atomic E-state index is 13.7. The lowest BCUT2D eigenvalue weighted by atomic mass is 9.99. The van der Waals surface area contributed by atoms with E-state index in [1.165, 1.54) is 6.07 Å². The number of alkyl halides is 3. The number of aliphatic hydroxyl groups is 1. The van der Waals surface area contributed by atoms with Crippen LogP contribution < -0.4 is 10.6 Å². The Morgan fingerprint density at radius 2 is 1.57 bits per heavy atom. The van der Waals surface area contributed by atoms with Gasteiger partial charge in [0.05, 0.1) is 23.8 Å². The van der Waals surface area contributed by atoms with Gasteiger partial charge in [0.15, 0.2) is 0 Å². The molecule has 4 aromatic rings. The van der Waals surface area contributed by atoms with Crippen molar-refractivity contribution >= 4 is 11.8 Å². The summed E-state index contributed by atoms with van der Waals surface area (Å²) < 4.78 is 39.4. The molecule has 1 fully saturated rings. The summed E-state index contributed by atoms with van der Waals surface area (Å²) >= 11 is 0. The summed E-state index contributed by atoms with van der Waals surface area (Å²) in [7, 11) is 0. The first-order chi connectivity index (χ1) is 22.1. The van der Waals surface area contributed by atoms with Crippen molar-refractivity contribution in [3.05, 3.63) is 142 Å². The second-order valence-electron chi connectivity index (χ2n) is 11.8. The van der Waals surface area contributed by atoms with Crippen LogP contribution in [0.5, 0.6) is 0 Å². The normalized spacial score (nSPS) is 16.2. The highest BCUT2D eigenvalue weighted by Gasteiger charge is 2.32. The first-order valence-electron chi connectivity index (χ1n) is 15.5. The first kappa shape index (κ1) is 32.9. The van der Waals surface area contributed by atoms with Crippen molar-refractivity contribution in [3.8, 4) is 0 Å². The minimum Gasteiger partial charge on any atom is -0.390 e. The summed E-state index contributed by atoms with van der Waals surface area (Å²) in [4.78, 5) is 29.2. The predicted molar refractivity (Wildman–Crippen MR) is 171 cm³/mol. The fraction of sp³-hybridized carbons (Fsp3) is 0.297. The minimum atomic E-state index is -4.45. The van der Waals surface area contributed by atoms with E-state index in [0.717, 1.165) is 41.7 Å². The van der Waals surface area contributed by atoms with Crippen LogP contribution in [0.2, 0.25) is 0 Å². The summed E-state index contributed by atoms with van der Waals surface area (Å²) in [5.74, 6) is -0.569. The average molecular weight is 630 g/mol. The van der Waals surface area contributed by atoms with Gasteiger partial charge in [-0.15, -0.1) is 0 Å². The molecule has 0 aliphatic carbocycles. The van der Waals surface area contributed by atoms with Gasteiger partial charge in [-0.3, -0.25) is 9.59 Å². The number of hydrogen-bond acceptors (Lipinski definition) is 4. The molecule has 3 atom stereocenters. The van der Waals surface area contributed by atoms with Gasteiger partial charge in [0.25, 0.3) is 11.8 Å². The summed E-state index contributed by atoms with van der Waals surface area (Å²) in [6.07, 6.45) is -3.42. The third-order valence-corrected chi connectivity index (χ3v) is 8.30. The Morgan fingerprint density at radius 3 is 2.28 bits per heavy atom. The molecule has 1 aliphatic rings. The highest BCUT2D eigenvalue weighted by molar-refractivity contribution is 6.00. The van der Waals surface area contributed by atoms with E-state index in [1.807, 2.05) is 72.5 Å². The van der Waals surface area contributed by atoms with E-state index in [2.05, 4.69) is 10.6 Å². The van der Waals surface area contributed by atoms with Crippen LogP contribution in [-0.2, 0) is 19.1 Å². The van der Waals surface area contributed by atoms with Crippen LogP contribution in [0.4, 0.5) is 13.2 Å². The lowest BCUT2D eigenvalue weighted by molar-refractivity contribution is -0.137. The van der Waals surface area contributed by atoms with Crippen molar-refractivity contribution in [2.45, 2.75) is 57.1 Å². The molecule has 3 N–H and O–H groups in total. The number of rotatable bonds is 11. The first-order valence-corrected chi connectivity index (χ1v) is 15.5. The molecule has 0 spiro atoms. The van der Waals surface area contributed by atoms with Crippen molar-refractivity contribution in [1.82, 2.24) is 15.5 Å². The number of likely N-dealkylation sites (tertiary alicyclic amines) is 1. The molecule has 46 heavy (non-hydrogen) atoms. The van der Waals surface area contributed by atoms with Crippen LogP contribution >= 0.6 is 0 Å². The largest absolute Gasteiger partial charge is 0.416 e. The lowest BCUT2D eigenvalue weighted by Gasteiger charge is -2.26. The number of nitrogens with zero attached hydrogens (tertiary/aromatic N) is 1. The Bertz CT molecular complexity index is 1630. The van der Waals surface area contributed by atoms with Crippen LogP contribution in [0.15, 0.2) is 103 Å².